The van der Waals surface area contributed by atoms with Crippen LogP contribution in [0.15, 0.2) is 78.9 Å². The summed E-state index contributed by atoms with van der Waals surface area (Å²) >= 11 is 6.25. The Hall–Kier alpha value is -3.11. The van der Waals surface area contributed by atoms with Crippen molar-refractivity contribution in [3.63, 3.8) is 0 Å². The lowest BCUT2D eigenvalue weighted by Gasteiger charge is -2.30. The van der Waals surface area contributed by atoms with Crippen LogP contribution >= 0.6 is 11.6 Å². The molecule has 0 radical (unpaired) electrons. The number of halogens is 1. The number of nitrogens with one attached hydrogen (secondary N) is 1. The topological polar surface area (TPSA) is 49.4 Å². The molecule has 1 atom stereocenters. The van der Waals surface area contributed by atoms with E-state index >= 15 is 0 Å². The molecule has 3 aromatic rings. The molecule has 0 saturated heterocycles. The Bertz CT molecular complexity index is 990. The quantitative estimate of drug-likeness (QED) is 0.714. The molecule has 1 heterocycles. The summed E-state index contributed by atoms with van der Waals surface area (Å²) in [6, 6.07) is 23.6. The maximum atomic E-state index is 13.3. The highest BCUT2D eigenvalue weighted by Gasteiger charge is 2.33. The van der Waals surface area contributed by atoms with Crippen LogP contribution in [-0.4, -0.2) is 23.3 Å². The maximum Gasteiger partial charge on any atom is 0.255 e. The van der Waals surface area contributed by atoms with Crippen LogP contribution in [0.25, 0.3) is 0 Å². The number of fused-ring (bicyclic) bond motifs is 1. The van der Waals surface area contributed by atoms with E-state index in [1.54, 1.807) is 29.2 Å². The largest absolute Gasteiger partial charge is 0.324 e. The van der Waals surface area contributed by atoms with Gasteiger partial charge in [-0.2, -0.15) is 0 Å². The summed E-state index contributed by atoms with van der Waals surface area (Å²) in [4.78, 5) is 27.4. The molecule has 27 heavy (non-hydrogen) atoms. The van der Waals surface area contributed by atoms with Gasteiger partial charge in [-0.1, -0.05) is 60.1 Å². The number of hydrogen-bond donors (Lipinski definition) is 1. The summed E-state index contributed by atoms with van der Waals surface area (Å²) < 4.78 is 0. The van der Waals surface area contributed by atoms with Gasteiger partial charge in [0.2, 0.25) is 5.91 Å². The highest BCUT2D eigenvalue weighted by atomic mass is 35.5. The van der Waals surface area contributed by atoms with E-state index in [4.69, 9.17) is 11.6 Å². The Morgan fingerprint density at radius 2 is 1.63 bits per heavy atom. The monoisotopic (exact) mass is 376 g/mol. The molecule has 0 bridgehead atoms. The molecule has 1 aliphatic rings. The molecule has 134 valence electrons. The van der Waals surface area contributed by atoms with Crippen molar-refractivity contribution in [2.45, 2.75) is 6.04 Å². The van der Waals surface area contributed by atoms with Gasteiger partial charge in [-0.3, -0.25) is 9.59 Å². The molecular weight excluding hydrogens is 360 g/mol. The first-order valence-electron chi connectivity index (χ1n) is 8.64. The SMILES string of the molecule is O=C1CN(C(=O)c2ccccc2)[C@H](c2ccccc2)c2cc(Cl)ccc2N1. The molecule has 2 amide bonds. The van der Waals surface area contributed by atoms with Crippen LogP contribution in [0.1, 0.15) is 27.5 Å². The Balaban J connectivity index is 1.90. The van der Waals surface area contributed by atoms with Crippen LogP contribution in [0, 0.1) is 0 Å². The van der Waals surface area contributed by atoms with Crippen molar-refractivity contribution < 1.29 is 9.59 Å². The van der Waals surface area contributed by atoms with Crippen LogP contribution in [0.4, 0.5) is 5.69 Å². The molecule has 0 unspecified atom stereocenters. The molecule has 1 aliphatic heterocycles. The second-order valence-corrected chi connectivity index (χ2v) is 6.83. The average molecular weight is 377 g/mol. The molecular formula is C22H17ClN2O2. The first kappa shape index (κ1) is 17.3. The Morgan fingerprint density at radius 3 is 2.33 bits per heavy atom. The summed E-state index contributed by atoms with van der Waals surface area (Å²) in [5.41, 5.74) is 2.92. The van der Waals surface area contributed by atoms with E-state index in [-0.39, 0.29) is 18.4 Å². The van der Waals surface area contributed by atoms with Gasteiger partial charge in [-0.05, 0) is 35.9 Å². The molecule has 3 aromatic carbocycles. The number of benzene rings is 3. The molecule has 4 rings (SSSR count). The molecule has 4 nitrogen and oxygen atoms in total. The van der Waals surface area contributed by atoms with E-state index in [1.807, 2.05) is 54.6 Å². The minimum Gasteiger partial charge on any atom is -0.324 e. The molecule has 0 aromatic heterocycles. The molecule has 0 saturated carbocycles. The Kier molecular flexibility index (Phi) is 4.65. The summed E-state index contributed by atoms with van der Waals surface area (Å²) in [6.45, 7) is -0.0421. The fourth-order valence-electron chi connectivity index (χ4n) is 3.41. The fourth-order valence-corrected chi connectivity index (χ4v) is 3.59. The van der Waals surface area contributed by atoms with Crippen LogP contribution in [-0.2, 0) is 4.79 Å². The number of carbonyl (C=O) groups is 2. The van der Waals surface area contributed by atoms with Crippen LogP contribution in [0.2, 0.25) is 5.02 Å². The van der Waals surface area contributed by atoms with Gasteiger partial charge in [0.05, 0.1) is 6.04 Å². The van der Waals surface area contributed by atoms with Gasteiger partial charge >= 0.3 is 0 Å². The van der Waals surface area contributed by atoms with E-state index in [0.29, 0.717) is 16.3 Å². The number of nitrogens with zero attached hydrogens (tertiary/aromatic N) is 1. The minimum atomic E-state index is -0.424. The second kappa shape index (κ2) is 7.25. The van der Waals surface area contributed by atoms with Crippen molar-refractivity contribution in [1.29, 1.82) is 0 Å². The average Bonchev–Trinajstić information content (AvgIpc) is 2.84. The number of hydrogen-bond acceptors (Lipinski definition) is 2. The van der Waals surface area contributed by atoms with E-state index in [1.165, 1.54) is 0 Å². The number of anilines is 1. The van der Waals surface area contributed by atoms with Gasteiger partial charge in [0.25, 0.3) is 5.91 Å². The van der Waals surface area contributed by atoms with E-state index in [2.05, 4.69) is 5.32 Å². The first-order chi connectivity index (χ1) is 13.1. The highest BCUT2D eigenvalue weighted by molar-refractivity contribution is 6.30. The zero-order valence-corrected chi connectivity index (χ0v) is 15.2. The summed E-state index contributed by atoms with van der Waals surface area (Å²) in [6.07, 6.45) is 0. The fraction of sp³-hybridized carbons (Fsp3) is 0.0909. The lowest BCUT2D eigenvalue weighted by atomic mass is 9.95. The maximum absolute atomic E-state index is 13.3. The van der Waals surface area contributed by atoms with Crippen molar-refractivity contribution >= 4 is 29.1 Å². The third kappa shape index (κ3) is 3.44. The van der Waals surface area contributed by atoms with Crippen LogP contribution in [0.3, 0.4) is 0 Å². The smallest absolute Gasteiger partial charge is 0.255 e. The van der Waals surface area contributed by atoms with Crippen LogP contribution in [0.5, 0.6) is 0 Å². The van der Waals surface area contributed by atoms with Crippen molar-refractivity contribution in [3.05, 3.63) is 101 Å². The summed E-state index contributed by atoms with van der Waals surface area (Å²) in [7, 11) is 0. The number of rotatable bonds is 2. The molecule has 0 spiro atoms. The third-order valence-corrected chi connectivity index (χ3v) is 4.84. The van der Waals surface area contributed by atoms with Crippen LogP contribution < -0.4 is 5.32 Å². The number of carbonyl (C=O) groups excluding carboxylic acids is 2. The number of amides is 2. The Morgan fingerprint density at radius 1 is 0.963 bits per heavy atom. The van der Waals surface area contributed by atoms with Gasteiger partial charge in [0.15, 0.2) is 0 Å². The lowest BCUT2D eigenvalue weighted by Crippen LogP contribution is -2.38. The van der Waals surface area contributed by atoms with E-state index < -0.39 is 6.04 Å². The first-order valence-corrected chi connectivity index (χ1v) is 9.01. The molecule has 1 N–H and O–H groups in total. The van der Waals surface area contributed by atoms with Gasteiger partial charge in [0.1, 0.15) is 6.54 Å². The lowest BCUT2D eigenvalue weighted by molar-refractivity contribution is -0.117. The van der Waals surface area contributed by atoms with Crippen molar-refractivity contribution in [3.8, 4) is 0 Å². The Labute approximate surface area is 162 Å². The molecule has 0 fully saturated rings. The van der Waals surface area contributed by atoms with Crippen molar-refractivity contribution in [1.82, 2.24) is 4.90 Å². The van der Waals surface area contributed by atoms with E-state index in [0.717, 1.165) is 11.1 Å². The standard InChI is InChI=1S/C22H17ClN2O2/c23-17-11-12-19-18(13-17)21(15-7-3-1-4-8-15)25(14-20(26)24-19)22(27)16-9-5-2-6-10-16/h1-13,21H,14H2,(H,24,26)/t21-/m1/s1. The zero-order chi connectivity index (χ0) is 18.8. The predicted octanol–water partition coefficient (Wildman–Crippen LogP) is 4.52. The predicted molar refractivity (Wildman–Crippen MR) is 106 cm³/mol. The zero-order valence-electron chi connectivity index (χ0n) is 14.4. The third-order valence-electron chi connectivity index (χ3n) is 4.60. The minimum absolute atomic E-state index is 0.0421. The van der Waals surface area contributed by atoms with Crippen molar-refractivity contribution in [2.75, 3.05) is 11.9 Å². The van der Waals surface area contributed by atoms with Crippen molar-refractivity contribution in [2.24, 2.45) is 0 Å². The van der Waals surface area contributed by atoms with E-state index in [9.17, 15) is 9.59 Å². The molecule has 5 heteroatoms. The van der Waals surface area contributed by atoms with Gasteiger partial charge in [-0.25, -0.2) is 0 Å². The summed E-state index contributed by atoms with van der Waals surface area (Å²) in [5, 5.41) is 3.45. The van der Waals surface area contributed by atoms with Gasteiger partial charge in [0, 0.05) is 21.8 Å². The second-order valence-electron chi connectivity index (χ2n) is 6.39. The molecule has 0 aliphatic carbocycles. The highest BCUT2D eigenvalue weighted by Crippen LogP contribution is 2.37. The van der Waals surface area contributed by atoms with Gasteiger partial charge in [-0.15, -0.1) is 0 Å². The normalized spacial score (nSPS) is 16.3. The van der Waals surface area contributed by atoms with Gasteiger partial charge < -0.3 is 10.2 Å². The summed E-state index contributed by atoms with van der Waals surface area (Å²) in [5.74, 6) is -0.436.